The van der Waals surface area contributed by atoms with Gasteiger partial charge in [0.2, 0.25) is 5.88 Å². The van der Waals surface area contributed by atoms with Crippen LogP contribution in [0.5, 0.6) is 5.88 Å². The van der Waals surface area contributed by atoms with E-state index in [1.165, 1.54) is 12.3 Å². The van der Waals surface area contributed by atoms with E-state index in [1.54, 1.807) is 24.4 Å². The average Bonchev–Trinajstić information content (AvgIpc) is 3.16. The Morgan fingerprint density at radius 2 is 2.03 bits per heavy atom. The molecule has 2 heterocycles. The number of benzene rings is 1. The zero-order valence-electron chi connectivity index (χ0n) is 21.0. The smallest absolute Gasteiger partial charge is 0.311 e. The van der Waals surface area contributed by atoms with Gasteiger partial charge < -0.3 is 15.2 Å². The Hall–Kier alpha value is -3.53. The maximum atomic E-state index is 14.6. The number of carbonyl (C=O) groups is 1. The molecule has 0 fully saturated rings. The lowest BCUT2D eigenvalue weighted by molar-refractivity contribution is -0.139. The number of nitrogens with one attached hydrogen (secondary N) is 1. The number of aromatic nitrogens is 2. The van der Waals surface area contributed by atoms with Crippen LogP contribution in [-0.2, 0) is 27.6 Å². The van der Waals surface area contributed by atoms with Crippen LogP contribution >= 0.6 is 0 Å². The Labute approximate surface area is 215 Å². The predicted octanol–water partition coefficient (Wildman–Crippen LogP) is 4.38. The minimum Gasteiger partial charge on any atom is -0.481 e. The van der Waals surface area contributed by atoms with Gasteiger partial charge in [0.05, 0.1) is 18.3 Å². The van der Waals surface area contributed by atoms with E-state index in [4.69, 9.17) is 4.74 Å². The summed E-state index contributed by atoms with van der Waals surface area (Å²) >= 11 is 0. The zero-order chi connectivity index (χ0) is 26.7. The van der Waals surface area contributed by atoms with Crippen molar-refractivity contribution in [1.82, 2.24) is 9.97 Å². The maximum Gasteiger partial charge on any atom is 0.311 e. The van der Waals surface area contributed by atoms with Crippen LogP contribution in [0, 0.1) is 18.7 Å². The number of carboxylic acid groups (broad SMARTS) is 1. The van der Waals surface area contributed by atoms with Crippen LogP contribution in [0.4, 0.5) is 10.2 Å². The molecule has 0 spiro atoms. The second-order valence-electron chi connectivity index (χ2n) is 9.54. The lowest BCUT2D eigenvalue weighted by Gasteiger charge is -2.13. The molecule has 8 nitrogen and oxygen atoms in total. The molecular weight excluding hydrogens is 497 g/mol. The zero-order valence-corrected chi connectivity index (χ0v) is 21.8. The molecule has 2 unspecified atom stereocenters. The topological polar surface area (TPSA) is 118 Å². The van der Waals surface area contributed by atoms with Crippen LogP contribution in [-0.4, -0.2) is 48.1 Å². The molecule has 0 bridgehead atoms. The van der Waals surface area contributed by atoms with Gasteiger partial charge in [-0.25, -0.2) is 22.8 Å². The molecule has 10 heteroatoms. The average molecular weight is 528 g/mol. The van der Waals surface area contributed by atoms with Gasteiger partial charge in [0, 0.05) is 41.9 Å². The first-order chi connectivity index (χ1) is 17.5. The number of sulfone groups is 1. The van der Waals surface area contributed by atoms with Gasteiger partial charge in [0.1, 0.15) is 21.5 Å². The summed E-state index contributed by atoms with van der Waals surface area (Å²) in [5.74, 6) is -0.721. The molecular formula is C27H30FN3O5S. The van der Waals surface area contributed by atoms with Gasteiger partial charge in [-0.15, -0.1) is 0 Å². The number of halogens is 1. The molecule has 4 rings (SSSR count). The van der Waals surface area contributed by atoms with Crippen molar-refractivity contribution in [3.63, 3.8) is 0 Å². The number of nitrogens with zero attached hydrogens (tertiary/aromatic N) is 2. The molecule has 0 aliphatic heterocycles. The first-order valence-electron chi connectivity index (χ1n) is 12.0. The molecule has 0 radical (unpaired) electrons. The van der Waals surface area contributed by atoms with E-state index in [9.17, 15) is 22.7 Å². The van der Waals surface area contributed by atoms with Gasteiger partial charge in [0.15, 0.2) is 0 Å². The van der Waals surface area contributed by atoms with Gasteiger partial charge in [-0.3, -0.25) is 4.79 Å². The SMILES string of the molecule is Cc1nc(OCCCS(C)(=O)=O)ccc1-c1ccc(F)c(CNc2cc3c(cn2)C(C(=O)O)C(C)C3)c1. The van der Waals surface area contributed by atoms with Crippen molar-refractivity contribution in [3.8, 4) is 17.0 Å². The van der Waals surface area contributed by atoms with Crippen molar-refractivity contribution < 1.29 is 27.4 Å². The molecule has 2 N–H and O–H groups in total. The van der Waals surface area contributed by atoms with Crippen molar-refractivity contribution in [2.24, 2.45) is 5.92 Å². The number of aryl methyl sites for hydroxylation is 1. The monoisotopic (exact) mass is 527 g/mol. The van der Waals surface area contributed by atoms with Gasteiger partial charge in [-0.1, -0.05) is 13.0 Å². The molecule has 0 saturated carbocycles. The Morgan fingerprint density at radius 1 is 1.24 bits per heavy atom. The summed E-state index contributed by atoms with van der Waals surface area (Å²) in [7, 11) is -3.03. The molecule has 37 heavy (non-hydrogen) atoms. The summed E-state index contributed by atoms with van der Waals surface area (Å²) in [5.41, 5.74) is 4.48. The van der Waals surface area contributed by atoms with Gasteiger partial charge in [-0.2, -0.15) is 0 Å². The van der Waals surface area contributed by atoms with E-state index >= 15 is 0 Å². The highest BCUT2D eigenvalue weighted by Crippen LogP contribution is 2.38. The van der Waals surface area contributed by atoms with Gasteiger partial charge in [-0.05, 0) is 66.6 Å². The number of rotatable bonds is 10. The third-order valence-electron chi connectivity index (χ3n) is 6.52. The van der Waals surface area contributed by atoms with E-state index in [0.717, 1.165) is 22.3 Å². The number of hydrogen-bond donors (Lipinski definition) is 2. The Bertz CT molecular complexity index is 1430. The molecule has 2 atom stereocenters. The Balaban J connectivity index is 1.44. The van der Waals surface area contributed by atoms with Crippen LogP contribution in [0.1, 0.15) is 41.6 Å². The van der Waals surface area contributed by atoms with E-state index in [1.807, 2.05) is 26.0 Å². The van der Waals surface area contributed by atoms with Crippen LogP contribution < -0.4 is 10.1 Å². The van der Waals surface area contributed by atoms with E-state index in [0.29, 0.717) is 35.8 Å². The number of aliphatic carboxylic acids is 1. The normalized spacial score (nSPS) is 16.9. The highest BCUT2D eigenvalue weighted by molar-refractivity contribution is 7.90. The summed E-state index contributed by atoms with van der Waals surface area (Å²) in [6.45, 7) is 4.20. The molecule has 3 aromatic rings. The molecule has 1 aliphatic rings. The lowest BCUT2D eigenvalue weighted by atomic mass is 9.95. The molecule has 0 amide bonds. The Morgan fingerprint density at radius 3 is 2.73 bits per heavy atom. The second kappa shape index (κ2) is 10.8. The van der Waals surface area contributed by atoms with Crippen molar-refractivity contribution in [3.05, 3.63) is 70.8 Å². The van der Waals surface area contributed by atoms with Crippen molar-refractivity contribution >= 4 is 21.6 Å². The third-order valence-corrected chi connectivity index (χ3v) is 7.55. The fourth-order valence-electron chi connectivity index (χ4n) is 4.69. The summed E-state index contributed by atoms with van der Waals surface area (Å²) in [6, 6.07) is 10.3. The van der Waals surface area contributed by atoms with Crippen molar-refractivity contribution in [1.29, 1.82) is 0 Å². The quantitative estimate of drug-likeness (QED) is 0.373. The summed E-state index contributed by atoms with van der Waals surface area (Å²) in [6.07, 6.45) is 3.84. The van der Waals surface area contributed by atoms with E-state index in [2.05, 4.69) is 15.3 Å². The summed E-state index contributed by atoms with van der Waals surface area (Å²) < 4.78 is 42.7. The van der Waals surface area contributed by atoms with Gasteiger partial charge >= 0.3 is 5.97 Å². The predicted molar refractivity (Wildman–Crippen MR) is 139 cm³/mol. The maximum absolute atomic E-state index is 14.6. The van der Waals surface area contributed by atoms with Crippen LogP contribution in [0.2, 0.25) is 0 Å². The number of anilines is 1. The van der Waals surface area contributed by atoms with E-state index < -0.39 is 21.7 Å². The number of fused-ring (bicyclic) bond motifs is 1. The van der Waals surface area contributed by atoms with Gasteiger partial charge in [0.25, 0.3) is 0 Å². The highest BCUT2D eigenvalue weighted by atomic mass is 32.2. The number of ether oxygens (including phenoxy) is 1. The molecule has 2 aromatic heterocycles. The van der Waals surface area contributed by atoms with Crippen molar-refractivity contribution in [2.45, 2.75) is 39.2 Å². The fraction of sp³-hybridized carbons (Fsp3) is 0.370. The largest absolute Gasteiger partial charge is 0.481 e. The van der Waals surface area contributed by atoms with Crippen LogP contribution in [0.15, 0.2) is 42.6 Å². The molecule has 1 aliphatic carbocycles. The van der Waals surface area contributed by atoms with Crippen LogP contribution in [0.25, 0.3) is 11.1 Å². The second-order valence-corrected chi connectivity index (χ2v) is 11.8. The first-order valence-corrected chi connectivity index (χ1v) is 14.1. The minimum atomic E-state index is -3.03. The summed E-state index contributed by atoms with van der Waals surface area (Å²) in [4.78, 5) is 20.4. The molecule has 1 aromatic carbocycles. The molecule has 196 valence electrons. The van der Waals surface area contributed by atoms with E-state index in [-0.39, 0.29) is 30.6 Å². The Kier molecular flexibility index (Phi) is 7.77. The van der Waals surface area contributed by atoms with Crippen molar-refractivity contribution in [2.75, 3.05) is 23.9 Å². The number of carboxylic acids is 1. The minimum absolute atomic E-state index is 0.000186. The third kappa shape index (κ3) is 6.43. The fourth-order valence-corrected chi connectivity index (χ4v) is 5.34. The first kappa shape index (κ1) is 26.5. The standard InChI is InChI=1S/C27H30FN3O5S/c1-16-11-19-13-24(30-15-22(19)26(16)27(32)33)29-14-20-12-18(5-7-23(20)28)21-6-8-25(31-17(21)2)36-9-4-10-37(3,34)35/h5-8,12-13,15-16,26H,4,9-11,14H2,1-3H3,(H,29,30)(H,32,33). The number of hydrogen-bond acceptors (Lipinski definition) is 7. The highest BCUT2D eigenvalue weighted by Gasteiger charge is 2.35. The molecule has 0 saturated heterocycles. The number of pyridine rings is 2. The lowest BCUT2D eigenvalue weighted by Crippen LogP contribution is -2.15. The summed E-state index contributed by atoms with van der Waals surface area (Å²) in [5, 5.41) is 12.7. The van der Waals surface area contributed by atoms with Crippen LogP contribution in [0.3, 0.4) is 0 Å².